The van der Waals surface area contributed by atoms with Gasteiger partial charge in [0.2, 0.25) is 0 Å². The van der Waals surface area contributed by atoms with Crippen molar-refractivity contribution in [2.75, 3.05) is 13.7 Å². The Balaban J connectivity index is 2.10. The molecule has 0 spiro atoms. The quantitative estimate of drug-likeness (QED) is 0.712. The van der Waals surface area contributed by atoms with Crippen molar-refractivity contribution in [3.05, 3.63) is 35.9 Å². The minimum Gasteiger partial charge on any atom is -0.469 e. The number of benzene rings is 1. The molecule has 0 radical (unpaired) electrons. The van der Waals surface area contributed by atoms with E-state index >= 15 is 0 Å². The van der Waals surface area contributed by atoms with Gasteiger partial charge < -0.3 is 10.1 Å². The minimum absolute atomic E-state index is 0.0256. The summed E-state index contributed by atoms with van der Waals surface area (Å²) in [7, 11) is 1.43. The fraction of sp³-hybridized carbons (Fsp3) is 0.364. The van der Waals surface area contributed by atoms with Crippen LogP contribution in [0.5, 0.6) is 0 Å². The summed E-state index contributed by atoms with van der Waals surface area (Å²) >= 11 is 0. The van der Waals surface area contributed by atoms with Crippen molar-refractivity contribution in [3.63, 3.8) is 0 Å². The van der Waals surface area contributed by atoms with E-state index in [1.807, 2.05) is 30.3 Å². The number of esters is 1. The molecule has 1 aliphatic rings. The van der Waals surface area contributed by atoms with Gasteiger partial charge in [0.05, 0.1) is 13.0 Å². The number of hydrogen-bond acceptors (Lipinski definition) is 3. The third-order valence-corrected chi connectivity index (χ3v) is 2.62. The van der Waals surface area contributed by atoms with Gasteiger partial charge in [0, 0.05) is 12.6 Å². The Morgan fingerprint density at radius 2 is 2.14 bits per heavy atom. The van der Waals surface area contributed by atoms with Gasteiger partial charge in [-0.05, 0) is 5.56 Å². The molecule has 1 aliphatic heterocycles. The van der Waals surface area contributed by atoms with Gasteiger partial charge >= 0.3 is 5.97 Å². The van der Waals surface area contributed by atoms with Crippen LogP contribution < -0.4 is 5.32 Å². The van der Waals surface area contributed by atoms with Crippen LogP contribution in [0, 0.1) is 5.92 Å². The molecule has 1 saturated heterocycles. The number of hydrogen-bond donors (Lipinski definition) is 1. The third-order valence-electron chi connectivity index (χ3n) is 2.62. The molecule has 0 bridgehead atoms. The van der Waals surface area contributed by atoms with E-state index < -0.39 is 0 Å². The van der Waals surface area contributed by atoms with Crippen LogP contribution in [-0.4, -0.2) is 19.6 Å². The number of methoxy groups -OCH3 is 1. The molecule has 1 aromatic carbocycles. The van der Waals surface area contributed by atoms with E-state index in [0.717, 1.165) is 5.56 Å². The minimum atomic E-state index is -0.127. The molecule has 1 N–H and O–H groups in total. The zero-order valence-electron chi connectivity index (χ0n) is 8.07. The Labute approximate surface area is 83.1 Å². The predicted octanol–water partition coefficient (Wildman–Crippen LogP) is 1.12. The standard InChI is InChI=1S/C11H13NO2/c1-14-11(13)9-7-12-10(9)8-5-3-2-4-6-8/h2-6,9-10,12H,7H2,1H3. The molecule has 74 valence electrons. The summed E-state index contributed by atoms with van der Waals surface area (Å²) in [5.74, 6) is -0.153. The summed E-state index contributed by atoms with van der Waals surface area (Å²) in [6.45, 7) is 0.715. The number of carbonyl (C=O) groups excluding carboxylic acids is 1. The lowest BCUT2D eigenvalue weighted by molar-refractivity contribution is -0.149. The Morgan fingerprint density at radius 3 is 2.64 bits per heavy atom. The molecule has 0 aromatic heterocycles. The highest BCUT2D eigenvalue weighted by Gasteiger charge is 2.37. The van der Waals surface area contributed by atoms with E-state index in [1.54, 1.807) is 0 Å². The largest absolute Gasteiger partial charge is 0.469 e. The summed E-state index contributed by atoms with van der Waals surface area (Å²) in [5.41, 5.74) is 1.15. The molecule has 14 heavy (non-hydrogen) atoms. The Morgan fingerprint density at radius 1 is 1.43 bits per heavy atom. The number of ether oxygens (including phenoxy) is 1. The summed E-state index contributed by atoms with van der Waals surface area (Å²) in [4.78, 5) is 11.3. The fourth-order valence-electron chi connectivity index (χ4n) is 1.73. The summed E-state index contributed by atoms with van der Waals surface area (Å²) in [6.07, 6.45) is 0. The Bertz CT molecular complexity index is 323. The van der Waals surface area contributed by atoms with Crippen LogP contribution in [0.25, 0.3) is 0 Å². The molecule has 3 heteroatoms. The van der Waals surface area contributed by atoms with E-state index in [0.29, 0.717) is 6.54 Å². The van der Waals surface area contributed by atoms with Gasteiger partial charge in [0.25, 0.3) is 0 Å². The Kier molecular flexibility index (Phi) is 2.50. The topological polar surface area (TPSA) is 38.3 Å². The molecular weight excluding hydrogens is 178 g/mol. The van der Waals surface area contributed by atoms with Gasteiger partial charge in [0.1, 0.15) is 0 Å². The first-order valence-corrected chi connectivity index (χ1v) is 4.69. The predicted molar refractivity (Wildman–Crippen MR) is 52.7 cm³/mol. The molecule has 3 nitrogen and oxygen atoms in total. The highest BCUT2D eigenvalue weighted by atomic mass is 16.5. The SMILES string of the molecule is COC(=O)C1CNC1c1ccccc1. The van der Waals surface area contributed by atoms with Crippen molar-refractivity contribution in [2.45, 2.75) is 6.04 Å². The average Bonchev–Trinajstić information content (AvgIpc) is 2.17. The zero-order chi connectivity index (χ0) is 9.97. The van der Waals surface area contributed by atoms with Crippen molar-refractivity contribution >= 4 is 5.97 Å². The first kappa shape index (κ1) is 9.21. The fourth-order valence-corrected chi connectivity index (χ4v) is 1.73. The first-order valence-electron chi connectivity index (χ1n) is 4.69. The van der Waals surface area contributed by atoms with Gasteiger partial charge in [-0.2, -0.15) is 0 Å². The molecule has 1 fully saturated rings. The summed E-state index contributed by atoms with van der Waals surface area (Å²) < 4.78 is 4.73. The lowest BCUT2D eigenvalue weighted by atomic mass is 9.86. The van der Waals surface area contributed by atoms with Crippen LogP contribution in [0.2, 0.25) is 0 Å². The monoisotopic (exact) mass is 191 g/mol. The van der Waals surface area contributed by atoms with Crippen molar-refractivity contribution < 1.29 is 9.53 Å². The highest BCUT2D eigenvalue weighted by Crippen LogP contribution is 2.29. The number of nitrogens with one attached hydrogen (secondary N) is 1. The molecule has 1 heterocycles. The maximum atomic E-state index is 11.3. The normalized spacial score (nSPS) is 25.2. The molecule has 2 rings (SSSR count). The maximum absolute atomic E-state index is 11.3. The van der Waals surface area contributed by atoms with Gasteiger partial charge in [-0.3, -0.25) is 4.79 Å². The molecule has 2 atom stereocenters. The Hall–Kier alpha value is -1.35. The van der Waals surface area contributed by atoms with E-state index in [9.17, 15) is 4.79 Å². The lowest BCUT2D eigenvalue weighted by Gasteiger charge is -2.36. The highest BCUT2D eigenvalue weighted by molar-refractivity contribution is 5.75. The van der Waals surface area contributed by atoms with Gasteiger partial charge in [-0.25, -0.2) is 0 Å². The lowest BCUT2D eigenvalue weighted by Crippen LogP contribution is -2.50. The summed E-state index contributed by atoms with van der Waals surface area (Å²) in [5, 5.41) is 3.23. The molecule has 0 amide bonds. The van der Waals surface area contributed by atoms with Crippen LogP contribution in [0.15, 0.2) is 30.3 Å². The smallest absolute Gasteiger partial charge is 0.311 e. The van der Waals surface area contributed by atoms with Gasteiger partial charge in [0.15, 0.2) is 0 Å². The second-order valence-corrected chi connectivity index (χ2v) is 3.43. The van der Waals surface area contributed by atoms with Crippen LogP contribution in [-0.2, 0) is 9.53 Å². The zero-order valence-corrected chi connectivity index (χ0v) is 8.07. The molecule has 1 aromatic rings. The van der Waals surface area contributed by atoms with E-state index in [-0.39, 0.29) is 17.9 Å². The molecule has 0 saturated carbocycles. The first-order chi connectivity index (χ1) is 6.83. The summed E-state index contributed by atoms with van der Waals surface area (Å²) in [6, 6.07) is 10.1. The van der Waals surface area contributed by atoms with E-state index in [4.69, 9.17) is 4.74 Å². The van der Waals surface area contributed by atoms with Crippen LogP contribution in [0.4, 0.5) is 0 Å². The van der Waals surface area contributed by atoms with Crippen LogP contribution >= 0.6 is 0 Å². The average molecular weight is 191 g/mol. The molecule has 2 unspecified atom stereocenters. The van der Waals surface area contributed by atoms with Crippen molar-refractivity contribution in [1.29, 1.82) is 0 Å². The third kappa shape index (κ3) is 1.51. The van der Waals surface area contributed by atoms with Gasteiger partial charge in [-0.15, -0.1) is 0 Å². The van der Waals surface area contributed by atoms with Crippen molar-refractivity contribution in [1.82, 2.24) is 5.32 Å². The number of carbonyl (C=O) groups is 1. The van der Waals surface area contributed by atoms with Crippen molar-refractivity contribution in [2.24, 2.45) is 5.92 Å². The molecular formula is C11H13NO2. The second kappa shape index (κ2) is 3.80. The van der Waals surface area contributed by atoms with E-state index in [1.165, 1.54) is 7.11 Å². The number of rotatable bonds is 2. The van der Waals surface area contributed by atoms with E-state index in [2.05, 4.69) is 5.32 Å². The van der Waals surface area contributed by atoms with Crippen LogP contribution in [0.3, 0.4) is 0 Å². The van der Waals surface area contributed by atoms with Crippen LogP contribution in [0.1, 0.15) is 11.6 Å². The molecule has 0 aliphatic carbocycles. The maximum Gasteiger partial charge on any atom is 0.311 e. The van der Waals surface area contributed by atoms with Gasteiger partial charge in [-0.1, -0.05) is 30.3 Å². The van der Waals surface area contributed by atoms with Crippen molar-refractivity contribution in [3.8, 4) is 0 Å². The second-order valence-electron chi connectivity index (χ2n) is 3.43.